The number of benzene rings is 2. The molecule has 0 saturated heterocycles. The topological polar surface area (TPSA) is 59.8 Å². The van der Waals surface area contributed by atoms with Crippen LogP contribution in [0.3, 0.4) is 0 Å². The van der Waals surface area contributed by atoms with Crippen molar-refractivity contribution in [1.29, 1.82) is 0 Å². The molecule has 134 valence electrons. The molecular formula is C18H16F2N4OS. The van der Waals surface area contributed by atoms with E-state index in [4.69, 9.17) is 0 Å². The number of hydrogen-bond donors (Lipinski definition) is 1. The van der Waals surface area contributed by atoms with Crippen LogP contribution in [0.15, 0.2) is 53.7 Å². The first-order valence-corrected chi connectivity index (χ1v) is 8.94. The van der Waals surface area contributed by atoms with Crippen molar-refractivity contribution >= 4 is 23.4 Å². The molecule has 0 aliphatic heterocycles. The van der Waals surface area contributed by atoms with Gasteiger partial charge in [-0.15, -0.1) is 10.2 Å². The van der Waals surface area contributed by atoms with Gasteiger partial charge in [-0.05, 0) is 24.3 Å². The third-order valence-corrected chi connectivity index (χ3v) is 4.49. The molecule has 1 N–H and O–H groups in total. The maximum Gasteiger partial charge on any atom is 0.234 e. The summed E-state index contributed by atoms with van der Waals surface area (Å²) in [6.07, 6.45) is 0.684. The molecule has 3 rings (SSSR count). The highest BCUT2D eigenvalue weighted by Gasteiger charge is 2.15. The number of aromatic nitrogens is 3. The Labute approximate surface area is 153 Å². The fraction of sp³-hybridized carbons (Fsp3) is 0.167. The molecule has 0 atom stereocenters. The van der Waals surface area contributed by atoms with E-state index in [2.05, 4.69) is 15.5 Å². The van der Waals surface area contributed by atoms with Crippen LogP contribution in [0.5, 0.6) is 0 Å². The van der Waals surface area contributed by atoms with Gasteiger partial charge in [-0.2, -0.15) is 0 Å². The monoisotopic (exact) mass is 374 g/mol. The van der Waals surface area contributed by atoms with Crippen LogP contribution < -0.4 is 5.32 Å². The Morgan fingerprint density at radius 1 is 1.15 bits per heavy atom. The fourth-order valence-corrected chi connectivity index (χ4v) is 3.14. The van der Waals surface area contributed by atoms with Gasteiger partial charge in [0.05, 0.1) is 11.4 Å². The van der Waals surface area contributed by atoms with Gasteiger partial charge < -0.3 is 5.32 Å². The van der Waals surface area contributed by atoms with E-state index in [0.29, 0.717) is 11.6 Å². The third kappa shape index (κ3) is 4.08. The van der Waals surface area contributed by atoms with Crippen LogP contribution in [-0.2, 0) is 11.2 Å². The Hall–Kier alpha value is -2.74. The minimum Gasteiger partial charge on any atom is -0.323 e. The van der Waals surface area contributed by atoms with Crippen LogP contribution in [0, 0.1) is 11.6 Å². The number of carbonyl (C=O) groups excluding carboxylic acids is 1. The molecular weight excluding hydrogens is 358 g/mol. The summed E-state index contributed by atoms with van der Waals surface area (Å²) >= 11 is 1.18. The Kier molecular flexibility index (Phi) is 5.62. The van der Waals surface area contributed by atoms with Gasteiger partial charge >= 0.3 is 0 Å². The number of aryl methyl sites for hydroxylation is 1. The fourth-order valence-electron chi connectivity index (χ4n) is 2.37. The minimum atomic E-state index is -0.689. The van der Waals surface area contributed by atoms with Gasteiger partial charge in [0, 0.05) is 18.2 Å². The molecule has 1 heterocycles. The molecule has 0 spiro atoms. The van der Waals surface area contributed by atoms with Crippen molar-refractivity contribution in [3.63, 3.8) is 0 Å². The normalized spacial score (nSPS) is 10.7. The molecule has 3 aromatic rings. The summed E-state index contributed by atoms with van der Waals surface area (Å²) in [5.41, 5.74) is 0.711. The summed E-state index contributed by atoms with van der Waals surface area (Å²) < 4.78 is 28.7. The predicted molar refractivity (Wildman–Crippen MR) is 96.4 cm³/mol. The molecule has 8 heteroatoms. The first kappa shape index (κ1) is 18.1. The number of para-hydroxylation sites is 1. The number of carbonyl (C=O) groups is 1. The van der Waals surface area contributed by atoms with E-state index in [1.54, 1.807) is 0 Å². The van der Waals surface area contributed by atoms with Gasteiger partial charge in [-0.1, -0.05) is 36.9 Å². The molecule has 0 bridgehead atoms. The van der Waals surface area contributed by atoms with Gasteiger partial charge in [0.25, 0.3) is 0 Å². The standard InChI is InChI=1S/C18H16F2N4OS/c1-2-16-22-23-18(24(16)13-6-4-3-5-7-13)26-11-17(25)21-15-10-12(19)8-9-14(15)20/h3-10H,2,11H2,1H3,(H,21,25). The van der Waals surface area contributed by atoms with Gasteiger partial charge in [0.1, 0.15) is 17.5 Å². The highest BCUT2D eigenvalue weighted by atomic mass is 32.2. The van der Waals surface area contributed by atoms with Crippen LogP contribution in [0.2, 0.25) is 0 Å². The van der Waals surface area contributed by atoms with Gasteiger partial charge in [0.15, 0.2) is 5.16 Å². The Morgan fingerprint density at radius 2 is 1.92 bits per heavy atom. The first-order valence-electron chi connectivity index (χ1n) is 7.96. The lowest BCUT2D eigenvalue weighted by Gasteiger charge is -2.09. The molecule has 2 aromatic carbocycles. The zero-order valence-electron chi connectivity index (χ0n) is 13.9. The van der Waals surface area contributed by atoms with Gasteiger partial charge in [-0.25, -0.2) is 8.78 Å². The smallest absolute Gasteiger partial charge is 0.234 e. The zero-order chi connectivity index (χ0) is 18.5. The molecule has 0 aliphatic rings. The van der Waals surface area contributed by atoms with Crippen molar-refractivity contribution in [3.05, 3.63) is 66.0 Å². The van der Waals surface area contributed by atoms with Gasteiger partial charge in [0.2, 0.25) is 5.91 Å². The number of nitrogens with one attached hydrogen (secondary N) is 1. The summed E-state index contributed by atoms with van der Waals surface area (Å²) in [6, 6.07) is 12.5. The lowest BCUT2D eigenvalue weighted by molar-refractivity contribution is -0.113. The number of hydrogen-bond acceptors (Lipinski definition) is 4. The third-order valence-electron chi connectivity index (χ3n) is 3.57. The largest absolute Gasteiger partial charge is 0.323 e. The van der Waals surface area contributed by atoms with E-state index in [1.165, 1.54) is 11.8 Å². The molecule has 26 heavy (non-hydrogen) atoms. The van der Waals surface area contributed by atoms with E-state index in [9.17, 15) is 13.6 Å². The van der Waals surface area contributed by atoms with Crippen LogP contribution in [-0.4, -0.2) is 26.4 Å². The molecule has 0 radical (unpaired) electrons. The highest BCUT2D eigenvalue weighted by molar-refractivity contribution is 7.99. The quantitative estimate of drug-likeness (QED) is 0.666. The number of thioether (sulfide) groups is 1. The summed E-state index contributed by atoms with van der Waals surface area (Å²) in [6.45, 7) is 1.97. The van der Waals surface area contributed by atoms with Crippen LogP contribution in [0.1, 0.15) is 12.7 Å². The van der Waals surface area contributed by atoms with E-state index in [0.717, 1.165) is 29.7 Å². The molecule has 0 unspecified atom stereocenters. The van der Waals surface area contributed by atoms with Crippen molar-refractivity contribution < 1.29 is 13.6 Å². The Balaban J connectivity index is 1.73. The van der Waals surface area contributed by atoms with Crippen molar-refractivity contribution in [3.8, 4) is 5.69 Å². The molecule has 1 aromatic heterocycles. The van der Waals surface area contributed by atoms with Crippen LogP contribution >= 0.6 is 11.8 Å². The number of anilines is 1. The number of rotatable bonds is 6. The first-order chi connectivity index (χ1) is 12.6. The van der Waals surface area contributed by atoms with Crippen molar-refractivity contribution in [2.24, 2.45) is 0 Å². The second-order valence-corrected chi connectivity index (χ2v) is 6.33. The summed E-state index contributed by atoms with van der Waals surface area (Å²) in [5, 5.41) is 11.2. The zero-order valence-corrected chi connectivity index (χ0v) is 14.8. The molecule has 0 fully saturated rings. The molecule has 5 nitrogen and oxygen atoms in total. The molecule has 1 amide bonds. The van der Waals surface area contributed by atoms with Crippen molar-refractivity contribution in [1.82, 2.24) is 14.8 Å². The van der Waals surface area contributed by atoms with E-state index < -0.39 is 17.5 Å². The summed E-state index contributed by atoms with van der Waals surface area (Å²) in [7, 11) is 0. The highest BCUT2D eigenvalue weighted by Crippen LogP contribution is 2.23. The summed E-state index contributed by atoms with van der Waals surface area (Å²) in [5.74, 6) is -1.00. The average Bonchev–Trinajstić information content (AvgIpc) is 3.07. The summed E-state index contributed by atoms with van der Waals surface area (Å²) in [4.78, 5) is 12.1. The van der Waals surface area contributed by atoms with Gasteiger partial charge in [-0.3, -0.25) is 9.36 Å². The maximum absolute atomic E-state index is 13.6. The average molecular weight is 374 g/mol. The molecule has 0 saturated carbocycles. The number of nitrogens with zero attached hydrogens (tertiary/aromatic N) is 3. The SMILES string of the molecule is CCc1nnc(SCC(=O)Nc2cc(F)ccc2F)n1-c1ccccc1. The van der Waals surface area contributed by atoms with Crippen molar-refractivity contribution in [2.45, 2.75) is 18.5 Å². The van der Waals surface area contributed by atoms with E-state index in [-0.39, 0.29) is 11.4 Å². The molecule has 0 aliphatic carbocycles. The van der Waals surface area contributed by atoms with E-state index >= 15 is 0 Å². The predicted octanol–water partition coefficient (Wildman–Crippen LogP) is 3.84. The second-order valence-electron chi connectivity index (χ2n) is 5.38. The van der Waals surface area contributed by atoms with Crippen molar-refractivity contribution in [2.75, 3.05) is 11.1 Å². The lowest BCUT2D eigenvalue weighted by atomic mass is 10.3. The van der Waals surface area contributed by atoms with E-state index in [1.807, 2.05) is 41.8 Å². The second kappa shape index (κ2) is 8.09. The minimum absolute atomic E-state index is 0.00929. The number of amides is 1. The Bertz CT molecular complexity index is 915. The Morgan fingerprint density at radius 3 is 2.65 bits per heavy atom. The number of halogens is 2. The van der Waals surface area contributed by atoms with Crippen LogP contribution in [0.25, 0.3) is 5.69 Å². The maximum atomic E-state index is 13.6. The van der Waals surface area contributed by atoms with Crippen LogP contribution in [0.4, 0.5) is 14.5 Å². The lowest BCUT2D eigenvalue weighted by Crippen LogP contribution is -2.15.